The van der Waals surface area contributed by atoms with E-state index in [1.165, 1.54) is 0 Å². The number of thioether (sulfide) groups is 1. The number of para-hydroxylation sites is 1. The van der Waals surface area contributed by atoms with Gasteiger partial charge in [-0.15, -0.1) is 11.8 Å². The normalized spacial score (nSPS) is 10.7. The molecule has 94 valence electrons. The smallest absolute Gasteiger partial charge is 0.354 e. The fourth-order valence-electron chi connectivity index (χ4n) is 1.62. The Labute approximate surface area is 109 Å². The lowest BCUT2D eigenvalue weighted by Gasteiger charge is -2.07. The Balaban J connectivity index is 2.43. The summed E-state index contributed by atoms with van der Waals surface area (Å²) < 4.78 is 0. The third-order valence-corrected chi connectivity index (χ3v) is 3.60. The van der Waals surface area contributed by atoms with Gasteiger partial charge in [-0.25, -0.2) is 9.78 Å². The van der Waals surface area contributed by atoms with Gasteiger partial charge in [0, 0.05) is 22.6 Å². The summed E-state index contributed by atoms with van der Waals surface area (Å²) in [6, 6.07) is 9.06. The summed E-state index contributed by atoms with van der Waals surface area (Å²) in [5, 5.41) is 18.8. The molecule has 1 aromatic carbocycles. The van der Waals surface area contributed by atoms with Crippen molar-refractivity contribution in [2.75, 3.05) is 12.4 Å². The topological polar surface area (TPSA) is 70.4 Å². The number of aromatic nitrogens is 1. The van der Waals surface area contributed by atoms with Crippen LogP contribution in [-0.2, 0) is 0 Å². The number of nitrogens with zero attached hydrogens (tertiary/aromatic N) is 1. The van der Waals surface area contributed by atoms with E-state index in [2.05, 4.69) is 4.98 Å². The van der Waals surface area contributed by atoms with Crippen molar-refractivity contribution in [1.82, 2.24) is 4.98 Å². The van der Waals surface area contributed by atoms with Gasteiger partial charge in [-0.2, -0.15) is 0 Å². The third kappa shape index (κ3) is 2.80. The molecule has 0 aliphatic carbocycles. The van der Waals surface area contributed by atoms with Crippen LogP contribution in [0, 0.1) is 0 Å². The average molecular weight is 263 g/mol. The number of benzene rings is 1. The molecule has 0 radical (unpaired) electrons. The van der Waals surface area contributed by atoms with E-state index in [1.54, 1.807) is 23.9 Å². The van der Waals surface area contributed by atoms with Crippen molar-refractivity contribution < 1.29 is 15.0 Å². The monoisotopic (exact) mass is 263 g/mol. The second-order valence-electron chi connectivity index (χ2n) is 3.75. The summed E-state index contributed by atoms with van der Waals surface area (Å²) in [4.78, 5) is 16.0. The summed E-state index contributed by atoms with van der Waals surface area (Å²) in [6.07, 6.45) is 0.684. The largest absolute Gasteiger partial charge is 0.477 e. The zero-order chi connectivity index (χ0) is 13.0. The highest BCUT2D eigenvalue weighted by Gasteiger charge is 2.10. The summed E-state index contributed by atoms with van der Waals surface area (Å²) in [6.45, 7) is 0.141. The van der Waals surface area contributed by atoms with E-state index in [4.69, 9.17) is 10.2 Å². The quantitative estimate of drug-likeness (QED) is 0.640. The summed E-state index contributed by atoms with van der Waals surface area (Å²) in [7, 11) is 0. The number of carbonyl (C=O) groups is 1. The third-order valence-electron chi connectivity index (χ3n) is 2.46. The number of rotatable bonds is 5. The van der Waals surface area contributed by atoms with Crippen LogP contribution in [0.4, 0.5) is 0 Å². The van der Waals surface area contributed by atoms with Crippen molar-refractivity contribution in [3.05, 3.63) is 36.0 Å². The highest BCUT2D eigenvalue weighted by Crippen LogP contribution is 2.28. The van der Waals surface area contributed by atoms with Crippen molar-refractivity contribution >= 4 is 28.6 Å². The van der Waals surface area contributed by atoms with Crippen LogP contribution in [0.1, 0.15) is 16.9 Å². The van der Waals surface area contributed by atoms with E-state index in [0.29, 0.717) is 11.9 Å². The number of aliphatic hydroxyl groups excluding tert-OH is 1. The lowest BCUT2D eigenvalue weighted by Crippen LogP contribution is -2.01. The van der Waals surface area contributed by atoms with Crippen LogP contribution in [0.5, 0.6) is 0 Å². The molecule has 0 aliphatic rings. The van der Waals surface area contributed by atoms with Gasteiger partial charge < -0.3 is 10.2 Å². The molecule has 2 rings (SSSR count). The minimum absolute atomic E-state index is 0.0557. The lowest BCUT2D eigenvalue weighted by molar-refractivity contribution is 0.0690. The standard InChI is InChI=1S/C13H13NO3S/c15-6-3-7-18-12-8-11(13(16)17)14-10-5-2-1-4-9(10)12/h1-2,4-5,8,15H,3,6-7H2,(H,16,17). The van der Waals surface area contributed by atoms with Crippen molar-refractivity contribution in [3.63, 3.8) is 0 Å². The van der Waals surface area contributed by atoms with Crippen molar-refractivity contribution in [1.29, 1.82) is 0 Å². The maximum absolute atomic E-state index is 11.0. The molecule has 0 bridgehead atoms. The van der Waals surface area contributed by atoms with Crippen LogP contribution in [0.3, 0.4) is 0 Å². The SMILES string of the molecule is O=C(O)c1cc(SCCCO)c2ccccc2n1. The summed E-state index contributed by atoms with van der Waals surface area (Å²) in [5.74, 6) is -0.270. The van der Waals surface area contributed by atoms with Crippen molar-refractivity contribution in [2.24, 2.45) is 0 Å². The molecule has 5 heteroatoms. The molecule has 18 heavy (non-hydrogen) atoms. The highest BCUT2D eigenvalue weighted by atomic mass is 32.2. The zero-order valence-electron chi connectivity index (χ0n) is 9.67. The van der Waals surface area contributed by atoms with E-state index in [0.717, 1.165) is 16.0 Å². The Kier molecular flexibility index (Phi) is 4.17. The first-order chi connectivity index (χ1) is 8.72. The van der Waals surface area contributed by atoms with E-state index in [-0.39, 0.29) is 12.3 Å². The second kappa shape index (κ2) is 5.84. The predicted octanol–water partition coefficient (Wildman–Crippen LogP) is 2.41. The van der Waals surface area contributed by atoms with Crippen LogP contribution in [-0.4, -0.2) is 33.5 Å². The number of hydrogen-bond acceptors (Lipinski definition) is 4. The van der Waals surface area contributed by atoms with Gasteiger partial charge >= 0.3 is 5.97 Å². The summed E-state index contributed by atoms with van der Waals surface area (Å²) >= 11 is 1.54. The molecule has 0 fully saturated rings. The van der Waals surface area contributed by atoms with Crippen molar-refractivity contribution in [2.45, 2.75) is 11.3 Å². The predicted molar refractivity (Wildman–Crippen MR) is 71.1 cm³/mol. The molecule has 0 unspecified atom stereocenters. The first kappa shape index (κ1) is 12.9. The number of carboxylic acids is 1. The molecule has 4 nitrogen and oxygen atoms in total. The number of carboxylic acid groups (broad SMARTS) is 1. The van der Waals surface area contributed by atoms with Crippen LogP contribution >= 0.6 is 11.8 Å². The van der Waals surface area contributed by atoms with E-state index in [1.807, 2.05) is 18.2 Å². The molecule has 0 saturated carbocycles. The van der Waals surface area contributed by atoms with Gasteiger partial charge in [0.1, 0.15) is 5.69 Å². The van der Waals surface area contributed by atoms with Gasteiger partial charge in [0.2, 0.25) is 0 Å². The minimum atomic E-state index is -1.02. The molecule has 0 amide bonds. The van der Waals surface area contributed by atoms with Gasteiger partial charge in [-0.05, 0) is 18.6 Å². The Morgan fingerprint density at radius 1 is 1.33 bits per heavy atom. The van der Waals surface area contributed by atoms with E-state index >= 15 is 0 Å². The molecule has 0 aliphatic heterocycles. The number of pyridine rings is 1. The van der Waals surface area contributed by atoms with Crippen LogP contribution in [0.2, 0.25) is 0 Å². The fraction of sp³-hybridized carbons (Fsp3) is 0.231. The van der Waals surface area contributed by atoms with Gasteiger partial charge in [0.05, 0.1) is 5.52 Å². The maximum Gasteiger partial charge on any atom is 0.354 e. The van der Waals surface area contributed by atoms with E-state index in [9.17, 15) is 4.79 Å². The van der Waals surface area contributed by atoms with Crippen LogP contribution < -0.4 is 0 Å². The Hall–Kier alpha value is -1.59. The Morgan fingerprint density at radius 3 is 2.83 bits per heavy atom. The number of hydrogen-bond donors (Lipinski definition) is 2. The molecule has 0 spiro atoms. The number of aliphatic hydroxyl groups is 1. The molecular weight excluding hydrogens is 250 g/mol. The first-order valence-electron chi connectivity index (χ1n) is 5.59. The maximum atomic E-state index is 11.0. The summed E-state index contributed by atoms with van der Waals surface area (Å²) in [5.41, 5.74) is 0.740. The molecule has 2 aromatic rings. The van der Waals surface area contributed by atoms with Crippen LogP contribution in [0.15, 0.2) is 35.2 Å². The minimum Gasteiger partial charge on any atom is -0.477 e. The van der Waals surface area contributed by atoms with Gasteiger partial charge in [-0.3, -0.25) is 0 Å². The lowest BCUT2D eigenvalue weighted by atomic mass is 10.2. The Bertz CT molecular complexity index is 571. The molecule has 0 saturated heterocycles. The molecule has 1 heterocycles. The van der Waals surface area contributed by atoms with Gasteiger partial charge in [-0.1, -0.05) is 18.2 Å². The fourth-order valence-corrected chi connectivity index (χ4v) is 2.64. The second-order valence-corrected chi connectivity index (χ2v) is 4.89. The van der Waals surface area contributed by atoms with Gasteiger partial charge in [0.25, 0.3) is 0 Å². The molecule has 0 atom stereocenters. The molecule has 1 aromatic heterocycles. The molecule has 2 N–H and O–H groups in total. The zero-order valence-corrected chi connectivity index (χ0v) is 10.5. The first-order valence-corrected chi connectivity index (χ1v) is 6.57. The van der Waals surface area contributed by atoms with Crippen molar-refractivity contribution in [3.8, 4) is 0 Å². The average Bonchev–Trinajstić information content (AvgIpc) is 2.38. The molecular formula is C13H13NO3S. The van der Waals surface area contributed by atoms with Crippen LogP contribution in [0.25, 0.3) is 10.9 Å². The Morgan fingerprint density at radius 2 is 2.11 bits per heavy atom. The number of aromatic carboxylic acids is 1. The van der Waals surface area contributed by atoms with Gasteiger partial charge in [0.15, 0.2) is 0 Å². The van der Waals surface area contributed by atoms with E-state index < -0.39 is 5.97 Å². The number of fused-ring (bicyclic) bond motifs is 1. The highest BCUT2D eigenvalue weighted by molar-refractivity contribution is 7.99.